The van der Waals surface area contributed by atoms with Gasteiger partial charge in [-0.25, -0.2) is 4.98 Å². The average molecular weight is 355 g/mol. The number of benzene rings is 1. The first-order valence-corrected chi connectivity index (χ1v) is 8.88. The summed E-state index contributed by atoms with van der Waals surface area (Å²) in [4.78, 5) is 25.8. The number of aryl methyl sites for hydroxylation is 1. The molecule has 7 nitrogen and oxygen atoms in total. The lowest BCUT2D eigenvalue weighted by Crippen LogP contribution is -2.49. The predicted octanol–water partition coefficient (Wildman–Crippen LogP) is 2.19. The summed E-state index contributed by atoms with van der Waals surface area (Å²) >= 11 is 0. The minimum atomic E-state index is 0.0470. The third-order valence-corrected chi connectivity index (χ3v) is 4.39. The fraction of sp³-hybridized carbons (Fsp3) is 0.421. The minimum absolute atomic E-state index is 0.0470. The number of rotatable bonds is 5. The van der Waals surface area contributed by atoms with Crippen LogP contribution in [0.4, 0.5) is 11.8 Å². The van der Waals surface area contributed by atoms with E-state index in [4.69, 9.17) is 4.74 Å². The van der Waals surface area contributed by atoms with Crippen LogP contribution in [0.2, 0.25) is 0 Å². The number of nitrogens with zero attached hydrogens (tertiary/aromatic N) is 4. The molecule has 2 heterocycles. The first-order valence-electron chi connectivity index (χ1n) is 8.88. The zero-order valence-corrected chi connectivity index (χ0v) is 15.5. The van der Waals surface area contributed by atoms with Gasteiger partial charge in [-0.1, -0.05) is 0 Å². The van der Waals surface area contributed by atoms with E-state index in [9.17, 15) is 4.79 Å². The van der Waals surface area contributed by atoms with Crippen LogP contribution in [0.3, 0.4) is 0 Å². The van der Waals surface area contributed by atoms with Crippen molar-refractivity contribution in [2.45, 2.75) is 13.8 Å². The van der Waals surface area contributed by atoms with Crippen molar-refractivity contribution in [2.24, 2.45) is 0 Å². The number of amides is 1. The Hall–Kier alpha value is -2.83. The maximum absolute atomic E-state index is 12.7. The van der Waals surface area contributed by atoms with Crippen molar-refractivity contribution in [3.8, 4) is 5.75 Å². The molecule has 0 unspecified atom stereocenters. The van der Waals surface area contributed by atoms with Crippen molar-refractivity contribution in [2.75, 3.05) is 50.1 Å². The normalized spacial score (nSPS) is 14.3. The van der Waals surface area contributed by atoms with Crippen molar-refractivity contribution >= 4 is 17.7 Å². The molecule has 0 atom stereocenters. The molecule has 0 bridgehead atoms. The van der Waals surface area contributed by atoms with Gasteiger partial charge in [-0.15, -0.1) is 0 Å². The van der Waals surface area contributed by atoms with Crippen LogP contribution in [0.15, 0.2) is 30.3 Å². The maximum atomic E-state index is 12.7. The standard InChI is InChI=1S/C19H25N5O2/c1-4-20-17-13-14(2)21-19(22-17)24-11-9-23(10-12-24)18(25)15-5-7-16(26-3)8-6-15/h5-8,13H,4,9-12H2,1-3H3,(H,20,21,22). The van der Waals surface area contributed by atoms with Gasteiger partial charge in [0.15, 0.2) is 0 Å². The molecule has 1 aromatic heterocycles. The minimum Gasteiger partial charge on any atom is -0.497 e. The monoisotopic (exact) mass is 355 g/mol. The van der Waals surface area contributed by atoms with Crippen molar-refractivity contribution < 1.29 is 9.53 Å². The molecule has 1 aromatic carbocycles. The third kappa shape index (κ3) is 4.04. The van der Waals surface area contributed by atoms with Crippen molar-refractivity contribution in [3.05, 3.63) is 41.6 Å². The molecule has 1 N–H and O–H groups in total. The molecule has 26 heavy (non-hydrogen) atoms. The van der Waals surface area contributed by atoms with Gasteiger partial charge in [0.1, 0.15) is 11.6 Å². The molecule has 1 saturated heterocycles. The summed E-state index contributed by atoms with van der Waals surface area (Å²) in [6.45, 7) is 7.57. The number of hydrogen-bond acceptors (Lipinski definition) is 6. The highest BCUT2D eigenvalue weighted by atomic mass is 16.5. The van der Waals surface area contributed by atoms with E-state index in [0.29, 0.717) is 18.7 Å². The molecule has 0 spiro atoms. The zero-order chi connectivity index (χ0) is 18.5. The van der Waals surface area contributed by atoms with E-state index >= 15 is 0 Å². The summed E-state index contributed by atoms with van der Waals surface area (Å²) in [5, 5.41) is 3.23. The Morgan fingerprint density at radius 1 is 1.15 bits per heavy atom. The molecule has 138 valence electrons. The van der Waals surface area contributed by atoms with Gasteiger partial charge in [-0.3, -0.25) is 4.79 Å². The highest BCUT2D eigenvalue weighted by Crippen LogP contribution is 2.18. The number of aromatic nitrogens is 2. The van der Waals surface area contributed by atoms with Crippen molar-refractivity contribution in [1.82, 2.24) is 14.9 Å². The van der Waals surface area contributed by atoms with E-state index in [1.165, 1.54) is 0 Å². The Morgan fingerprint density at radius 2 is 1.85 bits per heavy atom. The third-order valence-electron chi connectivity index (χ3n) is 4.39. The largest absolute Gasteiger partial charge is 0.497 e. The number of ether oxygens (including phenoxy) is 1. The van der Waals surface area contributed by atoms with Gasteiger partial charge in [0.05, 0.1) is 7.11 Å². The summed E-state index contributed by atoms with van der Waals surface area (Å²) < 4.78 is 5.14. The first kappa shape index (κ1) is 18.0. The number of hydrogen-bond donors (Lipinski definition) is 1. The van der Waals surface area contributed by atoms with Crippen LogP contribution in [0.5, 0.6) is 5.75 Å². The number of carbonyl (C=O) groups excluding carboxylic acids is 1. The van der Waals surface area contributed by atoms with Crippen LogP contribution in [0, 0.1) is 6.92 Å². The quantitative estimate of drug-likeness (QED) is 0.887. The van der Waals surface area contributed by atoms with Gasteiger partial charge < -0.3 is 19.9 Å². The maximum Gasteiger partial charge on any atom is 0.253 e. The number of anilines is 2. The van der Waals surface area contributed by atoms with E-state index < -0.39 is 0 Å². The molecular weight excluding hydrogens is 330 g/mol. The molecule has 2 aromatic rings. The Kier molecular flexibility index (Phi) is 5.55. The molecular formula is C19H25N5O2. The van der Waals surface area contributed by atoms with Gasteiger partial charge in [0.2, 0.25) is 5.95 Å². The summed E-state index contributed by atoms with van der Waals surface area (Å²) in [5.41, 5.74) is 1.61. The molecule has 0 aliphatic carbocycles. The molecule has 1 amide bonds. The molecule has 1 fully saturated rings. The van der Waals surface area contributed by atoms with Gasteiger partial charge >= 0.3 is 0 Å². The van der Waals surface area contributed by atoms with Gasteiger partial charge in [-0.05, 0) is 38.1 Å². The highest BCUT2D eigenvalue weighted by molar-refractivity contribution is 5.94. The summed E-state index contributed by atoms with van der Waals surface area (Å²) in [7, 11) is 1.62. The number of piperazine rings is 1. The lowest BCUT2D eigenvalue weighted by atomic mass is 10.1. The van der Waals surface area contributed by atoms with Crippen LogP contribution in [-0.2, 0) is 0 Å². The van der Waals surface area contributed by atoms with Crippen molar-refractivity contribution in [1.29, 1.82) is 0 Å². The highest BCUT2D eigenvalue weighted by Gasteiger charge is 2.23. The average Bonchev–Trinajstić information content (AvgIpc) is 2.67. The SMILES string of the molecule is CCNc1cc(C)nc(N2CCN(C(=O)c3ccc(OC)cc3)CC2)n1. The van der Waals surface area contributed by atoms with E-state index in [-0.39, 0.29) is 5.91 Å². The Balaban J connectivity index is 1.64. The fourth-order valence-electron chi connectivity index (χ4n) is 2.99. The van der Waals surface area contributed by atoms with Gasteiger partial charge in [0.25, 0.3) is 5.91 Å². The number of carbonyl (C=O) groups is 1. The Labute approximate surface area is 154 Å². The van der Waals surface area contributed by atoms with Crippen LogP contribution in [-0.4, -0.2) is 60.6 Å². The predicted molar refractivity (Wildman–Crippen MR) is 102 cm³/mol. The summed E-state index contributed by atoms with van der Waals surface area (Å²) in [5.74, 6) is 2.36. The topological polar surface area (TPSA) is 70.6 Å². The second-order valence-corrected chi connectivity index (χ2v) is 6.23. The van der Waals surface area contributed by atoms with Crippen LogP contribution in [0.1, 0.15) is 23.0 Å². The second kappa shape index (κ2) is 8.03. The summed E-state index contributed by atoms with van der Waals surface area (Å²) in [6, 6.07) is 9.18. The van der Waals surface area contributed by atoms with Gasteiger partial charge in [0, 0.05) is 50.0 Å². The van der Waals surface area contributed by atoms with Crippen LogP contribution < -0.4 is 15.0 Å². The summed E-state index contributed by atoms with van der Waals surface area (Å²) in [6.07, 6.45) is 0. The Bertz CT molecular complexity index is 755. The van der Waals surface area contributed by atoms with Crippen LogP contribution >= 0.6 is 0 Å². The zero-order valence-electron chi connectivity index (χ0n) is 15.5. The molecule has 0 saturated carbocycles. The molecule has 3 rings (SSSR count). The molecule has 1 aliphatic rings. The Morgan fingerprint density at radius 3 is 2.46 bits per heavy atom. The number of methoxy groups -OCH3 is 1. The first-order chi connectivity index (χ1) is 12.6. The van der Waals surface area contributed by atoms with E-state index in [1.807, 2.05) is 36.9 Å². The smallest absolute Gasteiger partial charge is 0.253 e. The molecule has 7 heteroatoms. The van der Waals surface area contributed by atoms with E-state index in [0.717, 1.165) is 42.8 Å². The lowest BCUT2D eigenvalue weighted by molar-refractivity contribution is 0.0746. The van der Waals surface area contributed by atoms with E-state index in [1.54, 1.807) is 19.2 Å². The van der Waals surface area contributed by atoms with Crippen LogP contribution in [0.25, 0.3) is 0 Å². The number of nitrogens with one attached hydrogen (secondary N) is 1. The van der Waals surface area contributed by atoms with Gasteiger partial charge in [-0.2, -0.15) is 4.98 Å². The second-order valence-electron chi connectivity index (χ2n) is 6.23. The van der Waals surface area contributed by atoms with Crippen molar-refractivity contribution in [3.63, 3.8) is 0 Å². The fourth-order valence-corrected chi connectivity index (χ4v) is 2.99. The molecule has 0 radical (unpaired) electrons. The molecule has 1 aliphatic heterocycles. The lowest BCUT2D eigenvalue weighted by Gasteiger charge is -2.35. The van der Waals surface area contributed by atoms with E-state index in [2.05, 4.69) is 20.2 Å².